The van der Waals surface area contributed by atoms with Crippen LogP contribution >= 0.6 is 27.3 Å². The molecule has 2 aromatic heterocycles. The number of rotatable bonds is 5. The standard InChI is InChI=1S/C22H12BrF3O5S/c23-15-5-1-2-6-16(15)30-20-19(28)14-8-7-12(10-17(14)31-21(20)22(24,25)26)29-18(27)11-13-4-3-9-32-13/h1-10H,11H2. The van der Waals surface area contributed by atoms with Crippen LogP contribution < -0.4 is 14.9 Å². The molecular weight excluding hydrogens is 513 g/mol. The molecule has 2 heterocycles. The molecule has 0 spiro atoms. The van der Waals surface area contributed by atoms with Gasteiger partial charge in [-0.3, -0.25) is 9.59 Å². The van der Waals surface area contributed by atoms with E-state index in [2.05, 4.69) is 15.9 Å². The summed E-state index contributed by atoms with van der Waals surface area (Å²) in [7, 11) is 0. The SMILES string of the molecule is O=C(Cc1cccs1)Oc1ccc2c(=O)c(Oc3ccccc3Br)c(C(F)(F)F)oc2c1. The van der Waals surface area contributed by atoms with Crippen LogP contribution in [0.1, 0.15) is 10.6 Å². The first kappa shape index (κ1) is 22.1. The lowest BCUT2D eigenvalue weighted by Gasteiger charge is -2.14. The maximum atomic E-state index is 13.7. The average molecular weight is 525 g/mol. The van der Waals surface area contributed by atoms with Gasteiger partial charge in [-0.2, -0.15) is 13.2 Å². The summed E-state index contributed by atoms with van der Waals surface area (Å²) in [6.45, 7) is 0. The van der Waals surface area contributed by atoms with Crippen molar-refractivity contribution in [2.45, 2.75) is 12.6 Å². The maximum absolute atomic E-state index is 13.7. The van der Waals surface area contributed by atoms with E-state index in [1.165, 1.54) is 29.5 Å². The second-order valence-electron chi connectivity index (χ2n) is 6.51. The molecule has 0 fully saturated rings. The van der Waals surface area contributed by atoms with Crippen LogP contribution in [-0.4, -0.2) is 5.97 Å². The molecule has 0 bridgehead atoms. The lowest BCUT2D eigenvalue weighted by Crippen LogP contribution is -2.16. The normalized spacial score (nSPS) is 11.5. The summed E-state index contributed by atoms with van der Waals surface area (Å²) in [5.41, 5.74) is -1.39. The molecule has 2 aromatic carbocycles. The zero-order valence-electron chi connectivity index (χ0n) is 15.9. The maximum Gasteiger partial charge on any atom is 0.453 e. The molecule has 0 aliphatic heterocycles. The first-order chi connectivity index (χ1) is 15.2. The topological polar surface area (TPSA) is 65.7 Å². The zero-order valence-corrected chi connectivity index (χ0v) is 18.3. The lowest BCUT2D eigenvalue weighted by molar-refractivity contribution is -0.154. The molecule has 4 rings (SSSR count). The molecule has 5 nitrogen and oxygen atoms in total. The average Bonchev–Trinajstić information content (AvgIpc) is 3.23. The van der Waals surface area contributed by atoms with Crippen molar-refractivity contribution in [2.75, 3.05) is 0 Å². The van der Waals surface area contributed by atoms with Gasteiger partial charge in [0.15, 0.2) is 0 Å². The van der Waals surface area contributed by atoms with Crippen LogP contribution in [0.15, 0.2) is 73.7 Å². The first-order valence-corrected chi connectivity index (χ1v) is 10.7. The van der Waals surface area contributed by atoms with Gasteiger partial charge in [-0.15, -0.1) is 11.3 Å². The van der Waals surface area contributed by atoms with Crippen molar-refractivity contribution in [1.82, 2.24) is 0 Å². The van der Waals surface area contributed by atoms with Crippen molar-refractivity contribution < 1.29 is 31.9 Å². The van der Waals surface area contributed by atoms with Crippen LogP contribution in [0.4, 0.5) is 13.2 Å². The first-order valence-electron chi connectivity index (χ1n) is 9.06. The van der Waals surface area contributed by atoms with Gasteiger partial charge >= 0.3 is 12.1 Å². The number of hydrogen-bond acceptors (Lipinski definition) is 6. The van der Waals surface area contributed by atoms with Gasteiger partial charge in [0.1, 0.15) is 17.1 Å². The Labute approximate surface area is 191 Å². The Bertz CT molecular complexity index is 1350. The van der Waals surface area contributed by atoms with Crippen LogP contribution in [-0.2, 0) is 17.4 Å². The number of thiophene rings is 1. The number of benzene rings is 2. The van der Waals surface area contributed by atoms with E-state index in [0.29, 0.717) is 4.47 Å². The summed E-state index contributed by atoms with van der Waals surface area (Å²) in [5, 5.41) is 1.65. The molecule has 0 atom stereocenters. The lowest BCUT2D eigenvalue weighted by atomic mass is 10.2. The number of ether oxygens (including phenoxy) is 2. The van der Waals surface area contributed by atoms with Gasteiger partial charge < -0.3 is 13.9 Å². The predicted molar refractivity (Wildman–Crippen MR) is 115 cm³/mol. The number of carbonyl (C=O) groups is 1. The van der Waals surface area contributed by atoms with Gasteiger partial charge in [0, 0.05) is 10.9 Å². The minimum absolute atomic E-state index is 0.00614. The highest BCUT2D eigenvalue weighted by molar-refractivity contribution is 9.10. The molecule has 32 heavy (non-hydrogen) atoms. The number of hydrogen-bond donors (Lipinski definition) is 0. The number of alkyl halides is 3. The third kappa shape index (κ3) is 4.71. The third-order valence-corrected chi connectivity index (χ3v) is 5.79. The van der Waals surface area contributed by atoms with Crippen LogP contribution in [0.5, 0.6) is 17.2 Å². The Balaban J connectivity index is 1.73. The Morgan fingerprint density at radius 2 is 1.88 bits per heavy atom. The molecule has 0 aliphatic carbocycles. The molecule has 4 aromatic rings. The molecule has 0 amide bonds. The van der Waals surface area contributed by atoms with Crippen LogP contribution in [0.2, 0.25) is 0 Å². The van der Waals surface area contributed by atoms with Crippen molar-refractivity contribution >= 4 is 44.2 Å². The van der Waals surface area contributed by atoms with E-state index in [-0.39, 0.29) is 28.9 Å². The summed E-state index contributed by atoms with van der Waals surface area (Å²) >= 11 is 4.54. The van der Waals surface area contributed by atoms with E-state index in [9.17, 15) is 22.8 Å². The summed E-state index contributed by atoms with van der Waals surface area (Å²) in [4.78, 5) is 25.7. The molecule has 0 N–H and O–H groups in total. The van der Waals surface area contributed by atoms with Gasteiger partial charge in [-0.1, -0.05) is 18.2 Å². The summed E-state index contributed by atoms with van der Waals surface area (Å²) < 4.78 is 56.9. The Morgan fingerprint density at radius 1 is 1.09 bits per heavy atom. The smallest absolute Gasteiger partial charge is 0.448 e. The molecule has 0 unspecified atom stereocenters. The van der Waals surface area contributed by atoms with Gasteiger partial charge in [0.25, 0.3) is 5.76 Å². The number of esters is 1. The van der Waals surface area contributed by atoms with E-state index < -0.39 is 29.1 Å². The van der Waals surface area contributed by atoms with Crippen molar-refractivity contribution in [3.05, 3.63) is 85.3 Å². The summed E-state index contributed by atoms with van der Waals surface area (Å²) in [6.07, 6.45) is -5.00. The van der Waals surface area contributed by atoms with Crippen molar-refractivity contribution in [2.24, 2.45) is 0 Å². The minimum Gasteiger partial charge on any atom is -0.448 e. The van der Waals surface area contributed by atoms with Crippen LogP contribution in [0, 0.1) is 0 Å². The van der Waals surface area contributed by atoms with Gasteiger partial charge in [-0.25, -0.2) is 0 Å². The van der Waals surface area contributed by atoms with E-state index in [1.807, 2.05) is 0 Å². The Morgan fingerprint density at radius 3 is 2.56 bits per heavy atom. The zero-order chi connectivity index (χ0) is 22.9. The van der Waals surface area contributed by atoms with E-state index >= 15 is 0 Å². The molecule has 164 valence electrons. The molecular formula is C22H12BrF3O5S. The molecule has 0 saturated heterocycles. The summed E-state index contributed by atoms with van der Waals surface area (Å²) in [5.74, 6) is -3.20. The van der Waals surface area contributed by atoms with Crippen molar-refractivity contribution in [3.8, 4) is 17.2 Å². The fourth-order valence-electron chi connectivity index (χ4n) is 2.86. The van der Waals surface area contributed by atoms with E-state index in [4.69, 9.17) is 13.9 Å². The Kier molecular flexibility index (Phi) is 6.07. The number of para-hydroxylation sites is 1. The fraction of sp³-hybridized carbons (Fsp3) is 0.0909. The monoisotopic (exact) mass is 524 g/mol. The van der Waals surface area contributed by atoms with Crippen LogP contribution in [0.25, 0.3) is 11.0 Å². The van der Waals surface area contributed by atoms with Gasteiger partial charge in [0.2, 0.25) is 11.2 Å². The second-order valence-corrected chi connectivity index (χ2v) is 8.39. The van der Waals surface area contributed by atoms with Crippen molar-refractivity contribution in [3.63, 3.8) is 0 Å². The highest BCUT2D eigenvalue weighted by Gasteiger charge is 2.40. The van der Waals surface area contributed by atoms with Crippen LogP contribution in [0.3, 0.4) is 0 Å². The second kappa shape index (κ2) is 8.79. The predicted octanol–water partition coefficient (Wildman–Crippen LogP) is 6.58. The van der Waals surface area contributed by atoms with Gasteiger partial charge in [0.05, 0.1) is 16.3 Å². The number of carbonyl (C=O) groups excluding carboxylic acids is 1. The highest BCUT2D eigenvalue weighted by atomic mass is 79.9. The minimum atomic E-state index is -5.00. The summed E-state index contributed by atoms with van der Waals surface area (Å²) in [6, 6.07) is 13.3. The molecule has 0 radical (unpaired) electrons. The number of fused-ring (bicyclic) bond motifs is 1. The third-order valence-electron chi connectivity index (χ3n) is 4.26. The largest absolute Gasteiger partial charge is 0.453 e. The Hall–Kier alpha value is -3.11. The van der Waals surface area contributed by atoms with Crippen molar-refractivity contribution in [1.29, 1.82) is 0 Å². The molecule has 0 aliphatic rings. The van der Waals surface area contributed by atoms with Gasteiger partial charge in [-0.05, 0) is 51.6 Å². The van der Waals surface area contributed by atoms with E-state index in [1.54, 1.807) is 35.7 Å². The number of halogens is 4. The fourth-order valence-corrected chi connectivity index (χ4v) is 3.92. The van der Waals surface area contributed by atoms with E-state index in [0.717, 1.165) is 10.9 Å². The molecule has 10 heteroatoms. The quantitative estimate of drug-likeness (QED) is 0.218. The molecule has 0 saturated carbocycles. The highest BCUT2D eigenvalue weighted by Crippen LogP contribution is 2.39.